The fraction of sp³-hybridized carbons (Fsp3) is 0.162. The lowest BCUT2D eigenvalue weighted by Crippen LogP contribution is -2.13. The number of nitrogens with one attached hydrogen (secondary N) is 1. The number of anilines is 2. The molecule has 0 unspecified atom stereocenters. The van der Waals surface area contributed by atoms with Crippen molar-refractivity contribution in [1.82, 2.24) is 24.5 Å². The number of aryl methyl sites for hydroxylation is 2. The average molecular weight is 699 g/mol. The lowest BCUT2D eigenvalue weighted by atomic mass is 10.1. The van der Waals surface area contributed by atoms with Crippen molar-refractivity contribution in [3.63, 3.8) is 0 Å². The minimum Gasteiger partial charge on any atom is -0.481 e. The third kappa shape index (κ3) is 14.1. The van der Waals surface area contributed by atoms with E-state index in [-0.39, 0.29) is 12.3 Å². The molecule has 0 bridgehead atoms. The monoisotopic (exact) mass is 697 g/mol. The molecule has 0 spiro atoms. The normalized spacial score (nSPS) is 10.2. The Kier molecular flexibility index (Phi) is 14.4. The van der Waals surface area contributed by atoms with Gasteiger partial charge in [0.15, 0.2) is 5.82 Å². The Morgan fingerprint density at radius 3 is 1.80 bits per heavy atom. The van der Waals surface area contributed by atoms with Gasteiger partial charge in [0, 0.05) is 53.7 Å². The summed E-state index contributed by atoms with van der Waals surface area (Å²) in [6.45, 7) is 1.42. The van der Waals surface area contributed by atoms with Crippen LogP contribution in [0.25, 0.3) is 0 Å². The number of benzene rings is 3. The van der Waals surface area contributed by atoms with Crippen LogP contribution in [-0.2, 0) is 35.5 Å². The summed E-state index contributed by atoms with van der Waals surface area (Å²) in [6.07, 6.45) is 8.99. The van der Waals surface area contributed by atoms with E-state index in [2.05, 4.69) is 20.5 Å². The lowest BCUT2D eigenvalue weighted by Gasteiger charge is -2.04. The third-order valence-corrected chi connectivity index (χ3v) is 7.37. The average Bonchev–Trinajstić information content (AvgIpc) is 3.72. The SMILES string of the molecule is Nc1ccn(Cc2ccncc2)n1.O=C(CCc1cccc(Cl)c1)Nc1ccn(Cc2ccccc2)n1.O=C(O)CCc1cccc(Cl)c1. The molecule has 6 aromatic rings. The zero-order valence-electron chi connectivity index (χ0n) is 26.7. The van der Waals surface area contributed by atoms with E-state index in [9.17, 15) is 9.59 Å². The first-order valence-corrected chi connectivity index (χ1v) is 16.2. The molecule has 49 heavy (non-hydrogen) atoms. The van der Waals surface area contributed by atoms with Crippen LogP contribution in [0.3, 0.4) is 0 Å². The topological polar surface area (TPSA) is 141 Å². The molecule has 0 aliphatic rings. The van der Waals surface area contributed by atoms with Gasteiger partial charge in [-0.1, -0.05) is 77.8 Å². The molecular formula is C37H37Cl2N7O3. The summed E-state index contributed by atoms with van der Waals surface area (Å²) in [7, 11) is 0. The molecule has 0 aliphatic heterocycles. The minimum atomic E-state index is -0.782. The van der Waals surface area contributed by atoms with Crippen LogP contribution >= 0.6 is 23.2 Å². The number of carboxylic acids is 1. The second-order valence-corrected chi connectivity index (χ2v) is 11.8. The summed E-state index contributed by atoms with van der Waals surface area (Å²) < 4.78 is 3.60. The molecule has 0 atom stereocenters. The molecule has 12 heteroatoms. The highest BCUT2D eigenvalue weighted by Crippen LogP contribution is 2.14. The molecule has 10 nitrogen and oxygen atoms in total. The Bertz CT molecular complexity index is 1900. The molecule has 6 rings (SSSR count). The number of hydrogen-bond donors (Lipinski definition) is 3. The van der Waals surface area contributed by atoms with Crippen LogP contribution in [-0.4, -0.2) is 41.5 Å². The van der Waals surface area contributed by atoms with E-state index in [4.69, 9.17) is 34.0 Å². The maximum Gasteiger partial charge on any atom is 0.303 e. The van der Waals surface area contributed by atoms with Gasteiger partial charge in [-0.3, -0.25) is 23.9 Å². The third-order valence-electron chi connectivity index (χ3n) is 6.90. The highest BCUT2D eigenvalue weighted by atomic mass is 35.5. The van der Waals surface area contributed by atoms with Gasteiger partial charge in [0.2, 0.25) is 5.91 Å². The van der Waals surface area contributed by atoms with E-state index in [1.165, 1.54) is 5.56 Å². The lowest BCUT2D eigenvalue weighted by molar-refractivity contribution is -0.137. The number of nitrogens with two attached hydrogens (primary N) is 1. The van der Waals surface area contributed by atoms with Gasteiger partial charge in [0.05, 0.1) is 13.1 Å². The number of nitrogens with zero attached hydrogens (tertiary/aromatic N) is 5. The number of halogens is 2. The van der Waals surface area contributed by atoms with E-state index in [0.717, 1.165) is 23.2 Å². The van der Waals surface area contributed by atoms with Gasteiger partial charge >= 0.3 is 5.97 Å². The molecule has 3 aromatic carbocycles. The first kappa shape index (κ1) is 36.4. The second kappa shape index (κ2) is 19.4. The number of pyridine rings is 1. The number of carbonyl (C=O) groups is 2. The number of hydrogen-bond acceptors (Lipinski definition) is 6. The summed E-state index contributed by atoms with van der Waals surface area (Å²) >= 11 is 11.7. The van der Waals surface area contributed by atoms with Gasteiger partial charge < -0.3 is 16.2 Å². The van der Waals surface area contributed by atoms with Gasteiger partial charge in [-0.15, -0.1) is 0 Å². The number of rotatable bonds is 11. The summed E-state index contributed by atoms with van der Waals surface area (Å²) in [5.41, 5.74) is 9.83. The van der Waals surface area contributed by atoms with E-state index >= 15 is 0 Å². The zero-order valence-corrected chi connectivity index (χ0v) is 28.2. The maximum atomic E-state index is 12.0. The van der Waals surface area contributed by atoms with Crippen LogP contribution in [0.2, 0.25) is 10.0 Å². The standard InChI is InChI=1S/C19H18ClN3O.C9H9ClO2.C9H10N4/c20-17-8-4-7-15(13-17)9-10-19(24)21-18-11-12-23(22-18)14-16-5-2-1-3-6-16;10-8-3-1-2-7(6-8)4-5-9(11)12;10-9-3-6-13(12-9)7-8-1-4-11-5-2-8/h1-8,11-13H,9-10,14H2,(H,21,22,24);1-3,6H,4-5H2,(H,11,12);1-6H,7H2,(H2,10,12). The predicted molar refractivity (Wildman–Crippen MR) is 194 cm³/mol. The number of aliphatic carboxylic acids is 1. The number of carboxylic acid groups (broad SMARTS) is 1. The summed E-state index contributed by atoms with van der Waals surface area (Å²) in [4.78, 5) is 26.2. The Balaban J connectivity index is 0.000000182. The fourth-order valence-corrected chi connectivity index (χ4v) is 4.95. The van der Waals surface area contributed by atoms with E-state index in [1.807, 2.05) is 95.9 Å². The second-order valence-electron chi connectivity index (χ2n) is 10.9. The van der Waals surface area contributed by atoms with Crippen LogP contribution in [0.15, 0.2) is 128 Å². The van der Waals surface area contributed by atoms with Crippen molar-refractivity contribution in [2.45, 2.75) is 38.8 Å². The van der Waals surface area contributed by atoms with Crippen molar-refractivity contribution in [3.8, 4) is 0 Å². The molecule has 1 amide bonds. The van der Waals surface area contributed by atoms with Gasteiger partial charge in [0.1, 0.15) is 5.82 Å². The molecule has 252 valence electrons. The van der Waals surface area contributed by atoms with Gasteiger partial charge in [0.25, 0.3) is 0 Å². The number of nitrogen functional groups attached to an aromatic ring is 1. The summed E-state index contributed by atoms with van der Waals surface area (Å²) in [5, 5.41) is 21.0. The van der Waals surface area contributed by atoms with Crippen LogP contribution in [0.5, 0.6) is 0 Å². The largest absolute Gasteiger partial charge is 0.481 e. The van der Waals surface area contributed by atoms with Crippen molar-refractivity contribution in [3.05, 3.63) is 160 Å². The highest BCUT2D eigenvalue weighted by molar-refractivity contribution is 6.30. The molecule has 0 radical (unpaired) electrons. The van der Waals surface area contributed by atoms with Crippen LogP contribution in [0, 0.1) is 0 Å². The quantitative estimate of drug-likeness (QED) is 0.128. The van der Waals surface area contributed by atoms with Gasteiger partial charge in [-0.25, -0.2) is 0 Å². The Morgan fingerprint density at radius 1 is 0.673 bits per heavy atom. The minimum absolute atomic E-state index is 0.0556. The van der Waals surface area contributed by atoms with Crippen molar-refractivity contribution in [2.24, 2.45) is 0 Å². The smallest absolute Gasteiger partial charge is 0.303 e. The van der Waals surface area contributed by atoms with Crippen LogP contribution in [0.4, 0.5) is 11.6 Å². The fourth-order valence-electron chi connectivity index (χ4n) is 4.53. The van der Waals surface area contributed by atoms with Crippen molar-refractivity contribution >= 4 is 46.7 Å². The number of aromatic nitrogens is 5. The van der Waals surface area contributed by atoms with E-state index < -0.39 is 5.97 Å². The molecule has 0 saturated heterocycles. The molecule has 0 fully saturated rings. The Labute approximate surface area is 295 Å². The summed E-state index contributed by atoms with van der Waals surface area (Å²) in [5.74, 6) is 0.283. The number of carbonyl (C=O) groups excluding carboxylic acids is 1. The zero-order chi connectivity index (χ0) is 34.8. The molecular weight excluding hydrogens is 661 g/mol. The van der Waals surface area contributed by atoms with Crippen LogP contribution < -0.4 is 11.1 Å². The van der Waals surface area contributed by atoms with Crippen LogP contribution in [0.1, 0.15) is 35.1 Å². The molecule has 3 heterocycles. The summed E-state index contributed by atoms with van der Waals surface area (Å²) in [6, 6.07) is 32.4. The van der Waals surface area contributed by atoms with E-state index in [0.29, 0.717) is 47.5 Å². The molecule has 0 aliphatic carbocycles. The first-order chi connectivity index (χ1) is 23.7. The first-order valence-electron chi connectivity index (χ1n) is 15.5. The van der Waals surface area contributed by atoms with Gasteiger partial charge in [-0.2, -0.15) is 10.2 Å². The number of amides is 1. The molecule has 0 saturated carbocycles. The highest BCUT2D eigenvalue weighted by Gasteiger charge is 2.07. The Hall–Kier alpha value is -5.45. The van der Waals surface area contributed by atoms with Crippen molar-refractivity contribution < 1.29 is 14.7 Å². The van der Waals surface area contributed by atoms with Crippen molar-refractivity contribution in [2.75, 3.05) is 11.1 Å². The van der Waals surface area contributed by atoms with E-state index in [1.54, 1.807) is 41.3 Å². The van der Waals surface area contributed by atoms with Crippen molar-refractivity contribution in [1.29, 1.82) is 0 Å². The maximum absolute atomic E-state index is 12.0. The molecule has 4 N–H and O–H groups in total. The predicted octanol–water partition coefficient (Wildman–Crippen LogP) is 7.42. The van der Waals surface area contributed by atoms with Gasteiger partial charge in [-0.05, 0) is 77.6 Å². The Morgan fingerprint density at radius 2 is 1.22 bits per heavy atom. The molecule has 3 aromatic heterocycles.